The Balaban J connectivity index is 2.65. The van der Waals surface area contributed by atoms with Crippen LogP contribution < -0.4 is 5.73 Å². The van der Waals surface area contributed by atoms with E-state index in [1.165, 1.54) is 5.56 Å². The molecule has 1 nitrogen and oxygen atoms in total. The number of thioether (sulfide) groups is 1. The van der Waals surface area contributed by atoms with E-state index in [9.17, 15) is 0 Å². The Morgan fingerprint density at radius 3 is 2.87 bits per heavy atom. The molecule has 0 aliphatic heterocycles. The van der Waals surface area contributed by atoms with Crippen molar-refractivity contribution in [3.05, 3.63) is 35.4 Å². The van der Waals surface area contributed by atoms with Crippen LogP contribution in [0.1, 0.15) is 25.0 Å². The van der Waals surface area contributed by atoms with Crippen molar-refractivity contribution in [1.29, 1.82) is 0 Å². The molecular formula is C13H17NS. The van der Waals surface area contributed by atoms with Crippen LogP contribution in [0, 0.1) is 11.8 Å². The summed E-state index contributed by atoms with van der Waals surface area (Å²) >= 11 is 1.94. The molecular weight excluding hydrogens is 202 g/mol. The lowest BCUT2D eigenvalue weighted by Crippen LogP contribution is -1.93. The lowest BCUT2D eigenvalue weighted by Gasteiger charge is -2.04. The van der Waals surface area contributed by atoms with Gasteiger partial charge in [0.05, 0.1) is 6.54 Å². The average molecular weight is 219 g/mol. The summed E-state index contributed by atoms with van der Waals surface area (Å²) in [6, 6.07) is 8.35. The van der Waals surface area contributed by atoms with E-state index < -0.39 is 0 Å². The van der Waals surface area contributed by atoms with Crippen LogP contribution in [-0.4, -0.2) is 11.8 Å². The molecule has 1 aromatic carbocycles. The molecule has 0 bridgehead atoms. The molecule has 0 saturated carbocycles. The van der Waals surface area contributed by atoms with Gasteiger partial charge in [-0.25, -0.2) is 0 Å². The SMILES string of the molecule is CC(C)SCc1cccc(C#CCN)c1. The minimum Gasteiger partial charge on any atom is -0.320 e. The molecule has 15 heavy (non-hydrogen) atoms. The molecule has 0 radical (unpaired) electrons. The molecule has 0 unspecified atom stereocenters. The summed E-state index contributed by atoms with van der Waals surface area (Å²) in [4.78, 5) is 0. The van der Waals surface area contributed by atoms with E-state index in [2.05, 4.69) is 43.9 Å². The molecule has 0 heterocycles. The highest BCUT2D eigenvalue weighted by atomic mass is 32.2. The zero-order chi connectivity index (χ0) is 11.1. The van der Waals surface area contributed by atoms with Crippen molar-refractivity contribution in [3.63, 3.8) is 0 Å². The van der Waals surface area contributed by atoms with Crippen LogP contribution in [0.2, 0.25) is 0 Å². The molecule has 0 spiro atoms. The van der Waals surface area contributed by atoms with Crippen molar-refractivity contribution >= 4 is 11.8 Å². The van der Waals surface area contributed by atoms with Gasteiger partial charge < -0.3 is 5.73 Å². The Kier molecular flexibility index (Phi) is 5.31. The van der Waals surface area contributed by atoms with Gasteiger partial charge in [0.15, 0.2) is 0 Å². The lowest BCUT2D eigenvalue weighted by atomic mass is 10.1. The zero-order valence-electron chi connectivity index (χ0n) is 9.29. The number of hydrogen-bond donors (Lipinski definition) is 1. The largest absolute Gasteiger partial charge is 0.320 e. The van der Waals surface area contributed by atoms with Gasteiger partial charge in [-0.05, 0) is 22.9 Å². The normalized spacial score (nSPS) is 9.87. The molecule has 0 saturated heterocycles. The van der Waals surface area contributed by atoms with Crippen LogP contribution in [-0.2, 0) is 5.75 Å². The van der Waals surface area contributed by atoms with Crippen LogP contribution in [0.25, 0.3) is 0 Å². The average Bonchev–Trinajstić information content (AvgIpc) is 2.24. The summed E-state index contributed by atoms with van der Waals surface area (Å²) in [6.45, 7) is 4.84. The molecule has 0 amide bonds. The fourth-order valence-electron chi connectivity index (χ4n) is 1.15. The fourth-order valence-corrected chi connectivity index (χ4v) is 1.86. The maximum atomic E-state index is 5.34. The van der Waals surface area contributed by atoms with Gasteiger partial charge in [0.2, 0.25) is 0 Å². The predicted molar refractivity (Wildman–Crippen MR) is 68.8 cm³/mol. The van der Waals surface area contributed by atoms with E-state index >= 15 is 0 Å². The van der Waals surface area contributed by atoms with Gasteiger partial charge in [-0.2, -0.15) is 11.8 Å². The first-order valence-electron chi connectivity index (χ1n) is 5.12. The highest BCUT2D eigenvalue weighted by Crippen LogP contribution is 2.17. The smallest absolute Gasteiger partial charge is 0.0555 e. The molecule has 0 aliphatic rings. The maximum Gasteiger partial charge on any atom is 0.0555 e. The third-order valence-electron chi connectivity index (χ3n) is 1.85. The Bertz CT molecular complexity index is 360. The van der Waals surface area contributed by atoms with Crippen LogP contribution in [0.15, 0.2) is 24.3 Å². The van der Waals surface area contributed by atoms with Crippen molar-refractivity contribution in [3.8, 4) is 11.8 Å². The number of nitrogens with two attached hydrogens (primary N) is 1. The van der Waals surface area contributed by atoms with Crippen LogP contribution in [0.5, 0.6) is 0 Å². The first kappa shape index (κ1) is 12.2. The topological polar surface area (TPSA) is 26.0 Å². The van der Waals surface area contributed by atoms with Gasteiger partial charge in [0, 0.05) is 11.3 Å². The predicted octanol–water partition coefficient (Wildman–Crippen LogP) is 2.64. The van der Waals surface area contributed by atoms with Gasteiger partial charge in [-0.3, -0.25) is 0 Å². The minimum atomic E-state index is 0.422. The maximum absolute atomic E-state index is 5.34. The second-order valence-corrected chi connectivity index (χ2v) is 5.13. The summed E-state index contributed by atoms with van der Waals surface area (Å²) in [6.07, 6.45) is 0. The van der Waals surface area contributed by atoms with E-state index in [1.54, 1.807) is 0 Å². The Morgan fingerprint density at radius 1 is 1.40 bits per heavy atom. The molecule has 2 heteroatoms. The fraction of sp³-hybridized carbons (Fsp3) is 0.385. The molecule has 1 rings (SSSR count). The van der Waals surface area contributed by atoms with Crippen LogP contribution >= 0.6 is 11.8 Å². The van der Waals surface area contributed by atoms with Crippen molar-refractivity contribution in [1.82, 2.24) is 0 Å². The van der Waals surface area contributed by atoms with Crippen LogP contribution in [0.4, 0.5) is 0 Å². The number of benzene rings is 1. The van der Waals surface area contributed by atoms with Crippen molar-refractivity contribution in [2.24, 2.45) is 5.73 Å². The first-order chi connectivity index (χ1) is 7.22. The third-order valence-corrected chi connectivity index (χ3v) is 3.01. The second-order valence-electron chi connectivity index (χ2n) is 3.57. The van der Waals surface area contributed by atoms with Gasteiger partial charge in [0.1, 0.15) is 0 Å². The second kappa shape index (κ2) is 6.55. The number of hydrogen-bond acceptors (Lipinski definition) is 2. The zero-order valence-corrected chi connectivity index (χ0v) is 10.1. The van der Waals surface area contributed by atoms with E-state index in [0.29, 0.717) is 11.8 Å². The summed E-state index contributed by atoms with van der Waals surface area (Å²) in [7, 11) is 0. The van der Waals surface area contributed by atoms with Crippen molar-refractivity contribution < 1.29 is 0 Å². The quantitative estimate of drug-likeness (QED) is 0.791. The van der Waals surface area contributed by atoms with E-state index in [-0.39, 0.29) is 0 Å². The monoisotopic (exact) mass is 219 g/mol. The van der Waals surface area contributed by atoms with E-state index in [4.69, 9.17) is 5.73 Å². The minimum absolute atomic E-state index is 0.422. The Hall–Kier alpha value is -0.910. The van der Waals surface area contributed by atoms with Crippen molar-refractivity contribution in [2.75, 3.05) is 6.54 Å². The molecule has 1 aromatic rings. The Labute approximate surface area is 96.4 Å². The standard InChI is InChI=1S/C13H17NS/c1-11(2)15-10-13-6-3-5-12(9-13)7-4-8-14/h3,5-6,9,11H,8,10,14H2,1-2H3. The lowest BCUT2D eigenvalue weighted by molar-refractivity contribution is 1.11. The molecule has 0 aliphatic carbocycles. The van der Waals surface area contributed by atoms with E-state index in [1.807, 2.05) is 17.8 Å². The molecule has 0 fully saturated rings. The molecule has 0 atom stereocenters. The van der Waals surface area contributed by atoms with Crippen LogP contribution in [0.3, 0.4) is 0 Å². The van der Waals surface area contributed by atoms with Gasteiger partial charge in [0.25, 0.3) is 0 Å². The summed E-state index contributed by atoms with van der Waals surface area (Å²) in [5, 5.41) is 0.670. The summed E-state index contributed by atoms with van der Waals surface area (Å²) in [5.74, 6) is 6.97. The highest BCUT2D eigenvalue weighted by molar-refractivity contribution is 7.99. The van der Waals surface area contributed by atoms with Gasteiger partial charge in [-0.1, -0.05) is 37.8 Å². The molecule has 2 N–H and O–H groups in total. The summed E-state index contributed by atoms with van der Waals surface area (Å²) < 4.78 is 0. The summed E-state index contributed by atoms with van der Waals surface area (Å²) in [5.41, 5.74) is 7.72. The van der Waals surface area contributed by atoms with Gasteiger partial charge >= 0.3 is 0 Å². The molecule has 80 valence electrons. The van der Waals surface area contributed by atoms with Crippen molar-refractivity contribution in [2.45, 2.75) is 24.9 Å². The number of rotatable bonds is 3. The highest BCUT2D eigenvalue weighted by Gasteiger charge is 1.97. The van der Waals surface area contributed by atoms with E-state index in [0.717, 1.165) is 11.3 Å². The van der Waals surface area contributed by atoms with Gasteiger partial charge in [-0.15, -0.1) is 0 Å². The molecule has 0 aromatic heterocycles. The Morgan fingerprint density at radius 2 is 2.20 bits per heavy atom. The third kappa shape index (κ3) is 4.92. The first-order valence-corrected chi connectivity index (χ1v) is 6.16.